The van der Waals surface area contributed by atoms with Crippen LogP contribution in [0.25, 0.3) is 0 Å². The van der Waals surface area contributed by atoms with Crippen molar-refractivity contribution in [3.05, 3.63) is 59.7 Å². The van der Waals surface area contributed by atoms with Crippen molar-refractivity contribution in [2.24, 2.45) is 0 Å². The lowest BCUT2D eigenvalue weighted by atomic mass is 9.87. The van der Waals surface area contributed by atoms with E-state index in [1.807, 2.05) is 25.5 Å². The van der Waals surface area contributed by atoms with Crippen LogP contribution in [0.3, 0.4) is 0 Å². The molecule has 0 unspecified atom stereocenters. The first kappa shape index (κ1) is 22.5. The molecule has 2 aromatic carbocycles. The van der Waals surface area contributed by atoms with E-state index in [-0.39, 0.29) is 20.8 Å². The van der Waals surface area contributed by atoms with Crippen LogP contribution in [-0.2, 0) is 25.5 Å². The van der Waals surface area contributed by atoms with E-state index in [4.69, 9.17) is 0 Å². The van der Waals surface area contributed by atoms with Gasteiger partial charge in [-0.25, -0.2) is 21.6 Å². The normalized spacial score (nSPS) is 15.8. The van der Waals surface area contributed by atoms with Gasteiger partial charge >= 0.3 is 0 Å². The number of hydrogen-bond donors (Lipinski definition) is 1. The van der Waals surface area contributed by atoms with E-state index in [0.717, 1.165) is 24.5 Å². The zero-order valence-corrected chi connectivity index (χ0v) is 18.9. The first-order valence-electron chi connectivity index (χ1n) is 9.69. The summed E-state index contributed by atoms with van der Waals surface area (Å²) in [5, 5.41) is 0. The molecule has 0 spiro atoms. The van der Waals surface area contributed by atoms with Crippen molar-refractivity contribution in [2.45, 2.75) is 48.8 Å². The van der Waals surface area contributed by atoms with Crippen LogP contribution in [0.15, 0.2) is 58.3 Å². The summed E-state index contributed by atoms with van der Waals surface area (Å²) in [6.07, 6.45) is 1.56. The van der Waals surface area contributed by atoms with E-state index in [9.17, 15) is 21.6 Å². The van der Waals surface area contributed by atoms with E-state index >= 15 is 0 Å². The molecule has 0 aromatic heterocycles. The minimum Gasteiger partial charge on any atom is -0.268 e. The SMILES string of the molecule is CC(C)(C)c1ccc(C(=O)NS(=O)(=O)c2cccc(S(=O)(=O)N3CCCC3)c2)cc1. The second-order valence-corrected chi connectivity index (χ2v) is 12.0. The summed E-state index contributed by atoms with van der Waals surface area (Å²) in [5.74, 6) is -0.775. The highest BCUT2D eigenvalue weighted by Crippen LogP contribution is 2.24. The van der Waals surface area contributed by atoms with Gasteiger partial charge in [-0.05, 0) is 54.2 Å². The fourth-order valence-corrected chi connectivity index (χ4v) is 5.90. The number of carbonyl (C=O) groups is 1. The Morgan fingerprint density at radius 1 is 0.900 bits per heavy atom. The third kappa shape index (κ3) is 4.74. The molecule has 0 atom stereocenters. The molecule has 1 saturated heterocycles. The van der Waals surface area contributed by atoms with Crippen molar-refractivity contribution in [3.63, 3.8) is 0 Å². The largest absolute Gasteiger partial charge is 0.268 e. The molecular formula is C21H26N2O5S2. The molecule has 2 aromatic rings. The summed E-state index contributed by atoms with van der Waals surface area (Å²) in [7, 11) is -8.00. The third-order valence-electron chi connectivity index (χ3n) is 5.06. The Morgan fingerprint density at radius 2 is 1.47 bits per heavy atom. The highest BCUT2D eigenvalue weighted by atomic mass is 32.2. The van der Waals surface area contributed by atoms with Crippen LogP contribution in [0, 0.1) is 0 Å². The zero-order chi connectivity index (χ0) is 22.2. The maximum atomic E-state index is 12.7. The van der Waals surface area contributed by atoms with Gasteiger partial charge < -0.3 is 0 Å². The topological polar surface area (TPSA) is 101 Å². The van der Waals surface area contributed by atoms with Gasteiger partial charge in [0.25, 0.3) is 15.9 Å². The second kappa shape index (κ2) is 8.13. The summed E-state index contributed by atoms with van der Waals surface area (Å²) in [6, 6.07) is 11.8. The third-order valence-corrected chi connectivity index (χ3v) is 8.28. The van der Waals surface area contributed by atoms with Gasteiger partial charge in [0.05, 0.1) is 9.79 Å². The molecular weight excluding hydrogens is 424 g/mol. The van der Waals surface area contributed by atoms with E-state index in [1.165, 1.54) is 22.5 Å². The number of rotatable bonds is 5. The summed E-state index contributed by atoms with van der Waals surface area (Å²) in [5.41, 5.74) is 1.12. The van der Waals surface area contributed by atoms with E-state index in [2.05, 4.69) is 0 Å². The van der Waals surface area contributed by atoms with Crippen LogP contribution in [0.4, 0.5) is 0 Å². The van der Waals surface area contributed by atoms with Gasteiger partial charge in [-0.15, -0.1) is 0 Å². The summed E-state index contributed by atoms with van der Waals surface area (Å²) >= 11 is 0. The summed E-state index contributed by atoms with van der Waals surface area (Å²) in [4.78, 5) is 12.1. The van der Waals surface area contributed by atoms with Crippen molar-refractivity contribution < 1.29 is 21.6 Å². The lowest BCUT2D eigenvalue weighted by molar-refractivity contribution is 0.0981. The van der Waals surface area contributed by atoms with Crippen LogP contribution in [-0.4, -0.2) is 40.1 Å². The lowest BCUT2D eigenvalue weighted by Gasteiger charge is -2.19. The highest BCUT2D eigenvalue weighted by molar-refractivity contribution is 7.90. The Bertz CT molecular complexity index is 1140. The molecule has 0 bridgehead atoms. The van der Waals surface area contributed by atoms with Gasteiger partial charge in [0.15, 0.2) is 0 Å². The number of carbonyl (C=O) groups excluding carboxylic acids is 1. The van der Waals surface area contributed by atoms with E-state index in [1.54, 1.807) is 24.3 Å². The molecule has 9 heteroatoms. The van der Waals surface area contributed by atoms with Gasteiger partial charge in [-0.1, -0.05) is 39.0 Å². The monoisotopic (exact) mass is 450 g/mol. The van der Waals surface area contributed by atoms with Crippen molar-refractivity contribution in [1.29, 1.82) is 0 Å². The number of benzene rings is 2. The molecule has 1 heterocycles. The van der Waals surface area contributed by atoms with E-state index < -0.39 is 26.0 Å². The molecule has 1 N–H and O–H groups in total. The summed E-state index contributed by atoms with van der Waals surface area (Å²) in [6.45, 7) is 6.95. The summed E-state index contributed by atoms with van der Waals surface area (Å²) < 4.78 is 54.2. The Kier molecular flexibility index (Phi) is 6.08. The first-order valence-corrected chi connectivity index (χ1v) is 12.6. The number of sulfonamides is 2. The molecule has 7 nitrogen and oxygen atoms in total. The predicted molar refractivity (Wildman–Crippen MR) is 114 cm³/mol. The Labute approximate surface area is 178 Å². The Hall–Kier alpha value is -2.23. The maximum absolute atomic E-state index is 12.7. The minimum absolute atomic E-state index is 0.0949. The zero-order valence-electron chi connectivity index (χ0n) is 17.3. The fraction of sp³-hybridized carbons (Fsp3) is 0.381. The number of nitrogens with zero attached hydrogens (tertiary/aromatic N) is 1. The van der Waals surface area contributed by atoms with Crippen molar-refractivity contribution in [3.8, 4) is 0 Å². The average molecular weight is 451 g/mol. The van der Waals surface area contributed by atoms with Crippen LogP contribution >= 0.6 is 0 Å². The van der Waals surface area contributed by atoms with Gasteiger partial charge in [0.1, 0.15) is 0 Å². The van der Waals surface area contributed by atoms with Gasteiger partial charge in [0.2, 0.25) is 10.0 Å². The fourth-order valence-electron chi connectivity index (χ4n) is 3.24. The predicted octanol–water partition coefficient (Wildman–Crippen LogP) is 2.89. The minimum atomic E-state index is -4.23. The van der Waals surface area contributed by atoms with Gasteiger partial charge in [-0.2, -0.15) is 4.31 Å². The van der Waals surface area contributed by atoms with E-state index in [0.29, 0.717) is 13.1 Å². The molecule has 162 valence electrons. The molecule has 0 radical (unpaired) electrons. The number of amides is 1. The van der Waals surface area contributed by atoms with Crippen LogP contribution in [0.5, 0.6) is 0 Å². The average Bonchev–Trinajstić information content (AvgIpc) is 3.23. The molecule has 1 amide bonds. The molecule has 1 aliphatic heterocycles. The van der Waals surface area contributed by atoms with Crippen LogP contribution < -0.4 is 4.72 Å². The van der Waals surface area contributed by atoms with Crippen molar-refractivity contribution in [1.82, 2.24) is 9.03 Å². The van der Waals surface area contributed by atoms with Crippen molar-refractivity contribution in [2.75, 3.05) is 13.1 Å². The molecule has 3 rings (SSSR count). The lowest BCUT2D eigenvalue weighted by Crippen LogP contribution is -2.31. The quantitative estimate of drug-likeness (QED) is 0.755. The highest BCUT2D eigenvalue weighted by Gasteiger charge is 2.29. The van der Waals surface area contributed by atoms with Crippen molar-refractivity contribution >= 4 is 26.0 Å². The maximum Gasteiger partial charge on any atom is 0.264 e. The van der Waals surface area contributed by atoms with Crippen LogP contribution in [0.2, 0.25) is 0 Å². The van der Waals surface area contributed by atoms with Gasteiger partial charge in [-0.3, -0.25) is 4.79 Å². The smallest absolute Gasteiger partial charge is 0.264 e. The standard InChI is InChI=1S/C21H26N2O5S2/c1-21(2,3)17-11-9-16(10-12-17)20(24)22-29(25,26)18-7-6-8-19(15-18)30(27,28)23-13-4-5-14-23/h6-12,15H,4-5,13-14H2,1-3H3,(H,22,24). The molecule has 30 heavy (non-hydrogen) atoms. The second-order valence-electron chi connectivity index (χ2n) is 8.35. The molecule has 1 fully saturated rings. The van der Waals surface area contributed by atoms with Gasteiger partial charge in [0, 0.05) is 18.7 Å². The molecule has 0 saturated carbocycles. The first-order chi connectivity index (χ1) is 13.9. The number of hydrogen-bond acceptors (Lipinski definition) is 5. The molecule has 1 aliphatic rings. The Morgan fingerprint density at radius 3 is 2.03 bits per heavy atom. The Balaban J connectivity index is 1.83. The molecule has 0 aliphatic carbocycles. The van der Waals surface area contributed by atoms with Crippen LogP contribution in [0.1, 0.15) is 49.5 Å². The number of nitrogens with one attached hydrogen (secondary N) is 1.